The molecule has 16 heavy (non-hydrogen) atoms. The Balaban J connectivity index is 2.14. The molecule has 0 aliphatic carbocycles. The largest absolute Gasteiger partial charge is 0.507 e. The summed E-state index contributed by atoms with van der Waals surface area (Å²) in [5.74, 6) is 0.913. The Bertz CT molecular complexity index is 548. The summed E-state index contributed by atoms with van der Waals surface area (Å²) in [6.45, 7) is 1.11. The number of aromatic nitrogens is 1. The lowest BCUT2D eigenvalue weighted by Crippen LogP contribution is -1.85. The Morgan fingerprint density at radius 2 is 1.94 bits per heavy atom. The minimum Gasteiger partial charge on any atom is -0.507 e. The maximum Gasteiger partial charge on any atom is 0.172 e. The van der Waals surface area contributed by atoms with Gasteiger partial charge in [0, 0.05) is 6.07 Å². The molecular formula is C11H10N2O3. The predicted octanol–water partition coefficient (Wildman–Crippen LogP) is 1.66. The number of fused-ring (bicyclic) bond motifs is 1. The van der Waals surface area contributed by atoms with Gasteiger partial charge in [-0.05, 0) is 23.3 Å². The summed E-state index contributed by atoms with van der Waals surface area (Å²) >= 11 is 0. The number of benzene rings is 1. The quantitative estimate of drug-likeness (QED) is 0.760. The van der Waals surface area contributed by atoms with Crippen molar-refractivity contribution in [3.05, 3.63) is 29.3 Å². The van der Waals surface area contributed by atoms with Crippen LogP contribution in [-0.4, -0.2) is 10.3 Å². The van der Waals surface area contributed by atoms with Crippen molar-refractivity contribution in [2.45, 2.75) is 13.2 Å². The molecule has 82 valence electrons. The van der Waals surface area contributed by atoms with Crippen LogP contribution < -0.4 is 5.73 Å². The fourth-order valence-corrected chi connectivity index (χ4v) is 1.83. The fourth-order valence-electron chi connectivity index (χ4n) is 1.83. The monoisotopic (exact) mass is 218 g/mol. The molecule has 3 rings (SSSR count). The molecule has 5 heteroatoms. The molecule has 0 atom stereocenters. The van der Waals surface area contributed by atoms with Crippen LogP contribution >= 0.6 is 0 Å². The molecular weight excluding hydrogens is 208 g/mol. The summed E-state index contributed by atoms with van der Waals surface area (Å²) in [5, 5.41) is 13.4. The topological polar surface area (TPSA) is 81.5 Å². The molecule has 3 N–H and O–H groups in total. The first-order chi connectivity index (χ1) is 7.74. The SMILES string of the molecule is Nc1cc(-c2cc3c(cc2O)COC3)on1. The van der Waals surface area contributed by atoms with E-state index in [-0.39, 0.29) is 5.75 Å². The van der Waals surface area contributed by atoms with Gasteiger partial charge >= 0.3 is 0 Å². The van der Waals surface area contributed by atoms with Crippen LogP contribution in [0, 0.1) is 0 Å². The number of rotatable bonds is 1. The number of nitrogens with two attached hydrogens (primary N) is 1. The van der Waals surface area contributed by atoms with Gasteiger partial charge in [-0.1, -0.05) is 5.16 Å². The van der Waals surface area contributed by atoms with Crippen molar-refractivity contribution in [3.8, 4) is 17.1 Å². The van der Waals surface area contributed by atoms with E-state index in [1.165, 1.54) is 0 Å². The molecule has 0 amide bonds. The summed E-state index contributed by atoms with van der Waals surface area (Å²) in [5.41, 5.74) is 8.12. The van der Waals surface area contributed by atoms with E-state index in [9.17, 15) is 5.11 Å². The van der Waals surface area contributed by atoms with Crippen molar-refractivity contribution >= 4 is 5.82 Å². The minimum atomic E-state index is 0.153. The van der Waals surface area contributed by atoms with Crippen LogP contribution in [-0.2, 0) is 18.0 Å². The van der Waals surface area contributed by atoms with Gasteiger partial charge in [0.15, 0.2) is 11.6 Å². The molecule has 1 aliphatic rings. The van der Waals surface area contributed by atoms with E-state index in [1.807, 2.05) is 6.07 Å². The first kappa shape index (κ1) is 9.23. The van der Waals surface area contributed by atoms with Crippen LogP contribution in [0.4, 0.5) is 5.82 Å². The molecule has 1 aliphatic heterocycles. The fraction of sp³-hybridized carbons (Fsp3) is 0.182. The van der Waals surface area contributed by atoms with E-state index in [4.69, 9.17) is 15.0 Å². The zero-order valence-corrected chi connectivity index (χ0v) is 8.43. The predicted molar refractivity (Wildman–Crippen MR) is 56.5 cm³/mol. The summed E-state index contributed by atoms with van der Waals surface area (Å²) in [4.78, 5) is 0. The second kappa shape index (κ2) is 3.24. The van der Waals surface area contributed by atoms with Crippen molar-refractivity contribution in [3.63, 3.8) is 0 Å². The number of nitrogen functional groups attached to an aromatic ring is 1. The highest BCUT2D eigenvalue weighted by molar-refractivity contribution is 5.69. The Kier molecular flexibility index (Phi) is 1.87. The first-order valence-corrected chi connectivity index (χ1v) is 4.89. The lowest BCUT2D eigenvalue weighted by molar-refractivity contribution is 0.134. The molecule has 0 fully saturated rings. The van der Waals surface area contributed by atoms with Crippen molar-refractivity contribution in [1.82, 2.24) is 5.16 Å². The maximum atomic E-state index is 9.85. The third kappa shape index (κ3) is 1.33. The second-order valence-electron chi connectivity index (χ2n) is 3.75. The van der Waals surface area contributed by atoms with Gasteiger partial charge in [0.2, 0.25) is 0 Å². The van der Waals surface area contributed by atoms with Crippen LogP contribution in [0.25, 0.3) is 11.3 Å². The van der Waals surface area contributed by atoms with Crippen molar-refractivity contribution in [2.75, 3.05) is 5.73 Å². The number of anilines is 1. The van der Waals surface area contributed by atoms with Crippen molar-refractivity contribution < 1.29 is 14.4 Å². The Hall–Kier alpha value is -2.01. The van der Waals surface area contributed by atoms with Crippen LogP contribution in [0.2, 0.25) is 0 Å². The molecule has 1 aromatic heterocycles. The zero-order chi connectivity index (χ0) is 11.1. The van der Waals surface area contributed by atoms with Crippen LogP contribution in [0.5, 0.6) is 5.75 Å². The zero-order valence-electron chi connectivity index (χ0n) is 8.43. The van der Waals surface area contributed by atoms with E-state index >= 15 is 0 Å². The Morgan fingerprint density at radius 1 is 1.19 bits per heavy atom. The number of phenols is 1. The number of hydrogen-bond donors (Lipinski definition) is 2. The third-order valence-electron chi connectivity index (χ3n) is 2.63. The van der Waals surface area contributed by atoms with Gasteiger partial charge in [-0.2, -0.15) is 0 Å². The van der Waals surface area contributed by atoms with E-state index < -0.39 is 0 Å². The molecule has 0 bridgehead atoms. The summed E-state index contributed by atoms with van der Waals surface area (Å²) in [7, 11) is 0. The number of phenolic OH excluding ortho intramolecular Hbond substituents is 1. The molecule has 2 aromatic rings. The summed E-state index contributed by atoms with van der Waals surface area (Å²) in [6.07, 6.45) is 0. The lowest BCUT2D eigenvalue weighted by Gasteiger charge is -2.03. The van der Waals surface area contributed by atoms with E-state index in [0.717, 1.165) is 11.1 Å². The van der Waals surface area contributed by atoms with E-state index in [1.54, 1.807) is 12.1 Å². The van der Waals surface area contributed by atoms with Gasteiger partial charge in [-0.15, -0.1) is 0 Å². The normalized spacial score (nSPS) is 14.0. The summed E-state index contributed by atoms with van der Waals surface area (Å²) < 4.78 is 10.3. The van der Waals surface area contributed by atoms with Crippen molar-refractivity contribution in [1.29, 1.82) is 0 Å². The van der Waals surface area contributed by atoms with E-state index in [0.29, 0.717) is 30.4 Å². The minimum absolute atomic E-state index is 0.153. The number of ether oxygens (including phenoxy) is 1. The molecule has 0 radical (unpaired) electrons. The highest BCUT2D eigenvalue weighted by Gasteiger charge is 2.17. The molecule has 0 saturated heterocycles. The highest BCUT2D eigenvalue weighted by Crippen LogP contribution is 2.35. The average molecular weight is 218 g/mol. The third-order valence-corrected chi connectivity index (χ3v) is 2.63. The number of aromatic hydroxyl groups is 1. The molecule has 2 heterocycles. The van der Waals surface area contributed by atoms with Crippen LogP contribution in [0.15, 0.2) is 22.7 Å². The van der Waals surface area contributed by atoms with Gasteiger partial charge in [0.05, 0.1) is 18.8 Å². The van der Waals surface area contributed by atoms with Gasteiger partial charge < -0.3 is 20.1 Å². The maximum absolute atomic E-state index is 9.85. The molecule has 1 aromatic carbocycles. The molecule has 5 nitrogen and oxygen atoms in total. The first-order valence-electron chi connectivity index (χ1n) is 4.89. The van der Waals surface area contributed by atoms with Crippen molar-refractivity contribution in [2.24, 2.45) is 0 Å². The van der Waals surface area contributed by atoms with Gasteiger partial charge in [-0.25, -0.2) is 0 Å². The summed E-state index contributed by atoms with van der Waals surface area (Å²) in [6, 6.07) is 5.12. The lowest BCUT2D eigenvalue weighted by atomic mass is 10.0. The van der Waals surface area contributed by atoms with Gasteiger partial charge in [-0.3, -0.25) is 0 Å². The van der Waals surface area contributed by atoms with Gasteiger partial charge in [0.1, 0.15) is 5.75 Å². The van der Waals surface area contributed by atoms with Crippen LogP contribution in [0.3, 0.4) is 0 Å². The number of hydrogen-bond acceptors (Lipinski definition) is 5. The average Bonchev–Trinajstić information content (AvgIpc) is 2.84. The highest BCUT2D eigenvalue weighted by atomic mass is 16.5. The Morgan fingerprint density at radius 3 is 2.62 bits per heavy atom. The molecule has 0 unspecified atom stereocenters. The van der Waals surface area contributed by atoms with E-state index in [2.05, 4.69) is 5.16 Å². The smallest absolute Gasteiger partial charge is 0.172 e. The Labute approximate surface area is 91.4 Å². The number of nitrogens with zero attached hydrogens (tertiary/aromatic N) is 1. The molecule has 0 spiro atoms. The second-order valence-corrected chi connectivity index (χ2v) is 3.75. The standard InChI is InChI=1S/C11H10N2O3/c12-11-3-10(16-13-11)8-1-6-4-15-5-7(6)2-9(8)14/h1-3,14H,4-5H2,(H2,12,13). The van der Waals surface area contributed by atoms with Gasteiger partial charge in [0.25, 0.3) is 0 Å². The van der Waals surface area contributed by atoms with Crippen LogP contribution in [0.1, 0.15) is 11.1 Å². The molecule has 0 saturated carbocycles.